The van der Waals surface area contributed by atoms with Crippen molar-refractivity contribution >= 4 is 5.97 Å². The number of esters is 1. The van der Waals surface area contributed by atoms with Crippen LogP contribution in [0.15, 0.2) is 40.8 Å². The van der Waals surface area contributed by atoms with E-state index in [9.17, 15) is 4.79 Å². The number of fused-ring (bicyclic) bond motifs is 1. The van der Waals surface area contributed by atoms with Crippen LogP contribution < -0.4 is 5.32 Å². The summed E-state index contributed by atoms with van der Waals surface area (Å²) in [5.74, 6) is 0.560. The zero-order valence-corrected chi connectivity index (χ0v) is 11.4. The molecule has 0 amide bonds. The lowest BCUT2D eigenvalue weighted by Crippen LogP contribution is -2.28. The third kappa shape index (κ3) is 2.60. The maximum absolute atomic E-state index is 11.3. The van der Waals surface area contributed by atoms with Gasteiger partial charge in [0.1, 0.15) is 5.76 Å². The third-order valence-corrected chi connectivity index (χ3v) is 3.66. The first-order valence-corrected chi connectivity index (χ1v) is 6.73. The van der Waals surface area contributed by atoms with Gasteiger partial charge in [-0.15, -0.1) is 0 Å². The lowest BCUT2D eigenvalue weighted by atomic mass is 10.1. The third-order valence-electron chi connectivity index (χ3n) is 3.66. The molecule has 1 aliphatic rings. The van der Waals surface area contributed by atoms with E-state index in [0.29, 0.717) is 12.6 Å². The summed E-state index contributed by atoms with van der Waals surface area (Å²) in [4.78, 5) is 11.3. The SMILES string of the molecule is COC(=O)c1ccc(CNC2Cc3ccccc3C2)o1. The molecule has 2 aromatic rings. The van der Waals surface area contributed by atoms with Gasteiger partial charge in [0, 0.05) is 6.04 Å². The maximum atomic E-state index is 11.3. The molecule has 4 heteroatoms. The van der Waals surface area contributed by atoms with Crippen LogP contribution >= 0.6 is 0 Å². The van der Waals surface area contributed by atoms with E-state index in [-0.39, 0.29) is 5.76 Å². The van der Waals surface area contributed by atoms with Gasteiger partial charge in [-0.25, -0.2) is 4.79 Å². The first-order chi connectivity index (χ1) is 9.76. The molecule has 20 heavy (non-hydrogen) atoms. The van der Waals surface area contributed by atoms with E-state index < -0.39 is 5.97 Å². The molecule has 0 saturated heterocycles. The zero-order chi connectivity index (χ0) is 13.9. The highest BCUT2D eigenvalue weighted by Gasteiger charge is 2.20. The molecular formula is C16H17NO3. The van der Waals surface area contributed by atoms with Crippen LogP contribution in [0.1, 0.15) is 27.4 Å². The van der Waals surface area contributed by atoms with Crippen molar-refractivity contribution in [3.63, 3.8) is 0 Å². The number of ether oxygens (including phenoxy) is 1. The maximum Gasteiger partial charge on any atom is 0.373 e. The Kier molecular flexibility index (Phi) is 3.56. The van der Waals surface area contributed by atoms with Crippen molar-refractivity contribution in [2.45, 2.75) is 25.4 Å². The van der Waals surface area contributed by atoms with Crippen molar-refractivity contribution in [1.82, 2.24) is 5.32 Å². The summed E-state index contributed by atoms with van der Waals surface area (Å²) in [6.45, 7) is 0.621. The number of furan rings is 1. The van der Waals surface area contributed by atoms with Gasteiger partial charge in [-0.2, -0.15) is 0 Å². The summed E-state index contributed by atoms with van der Waals surface area (Å²) >= 11 is 0. The number of methoxy groups -OCH3 is 1. The normalized spacial score (nSPS) is 14.2. The summed E-state index contributed by atoms with van der Waals surface area (Å²) in [6, 6.07) is 12.4. The molecule has 0 fully saturated rings. The highest BCUT2D eigenvalue weighted by atomic mass is 16.5. The molecule has 1 heterocycles. The van der Waals surface area contributed by atoms with Crippen LogP contribution in [-0.2, 0) is 24.1 Å². The minimum atomic E-state index is -0.440. The van der Waals surface area contributed by atoms with Gasteiger partial charge >= 0.3 is 5.97 Å². The van der Waals surface area contributed by atoms with Crippen molar-refractivity contribution in [3.8, 4) is 0 Å². The summed E-state index contributed by atoms with van der Waals surface area (Å²) in [5.41, 5.74) is 2.83. The fraction of sp³-hybridized carbons (Fsp3) is 0.312. The van der Waals surface area contributed by atoms with Gasteiger partial charge < -0.3 is 14.5 Å². The molecule has 0 spiro atoms. The number of benzene rings is 1. The molecule has 1 aliphatic carbocycles. The molecule has 0 radical (unpaired) electrons. The van der Waals surface area contributed by atoms with Crippen LogP contribution in [0.4, 0.5) is 0 Å². The molecule has 1 aromatic carbocycles. The summed E-state index contributed by atoms with van der Waals surface area (Å²) < 4.78 is 10.1. The molecule has 0 atom stereocenters. The van der Waals surface area contributed by atoms with Gasteiger partial charge in [-0.1, -0.05) is 24.3 Å². The Hall–Kier alpha value is -2.07. The molecule has 0 bridgehead atoms. The van der Waals surface area contributed by atoms with Crippen molar-refractivity contribution in [2.24, 2.45) is 0 Å². The summed E-state index contributed by atoms with van der Waals surface area (Å²) in [5, 5.41) is 3.47. The average molecular weight is 271 g/mol. The van der Waals surface area contributed by atoms with E-state index in [1.807, 2.05) is 0 Å². The molecule has 104 valence electrons. The van der Waals surface area contributed by atoms with E-state index in [1.165, 1.54) is 18.2 Å². The van der Waals surface area contributed by atoms with E-state index in [2.05, 4.69) is 34.3 Å². The molecule has 1 aromatic heterocycles. The molecule has 1 N–H and O–H groups in total. The Morgan fingerprint density at radius 1 is 1.25 bits per heavy atom. The second kappa shape index (κ2) is 5.51. The van der Waals surface area contributed by atoms with Gasteiger partial charge in [0.2, 0.25) is 5.76 Å². The van der Waals surface area contributed by atoms with Crippen molar-refractivity contribution < 1.29 is 13.9 Å². The molecule has 4 nitrogen and oxygen atoms in total. The predicted octanol–water partition coefficient (Wildman–Crippen LogP) is 2.32. The minimum Gasteiger partial charge on any atom is -0.463 e. The Bertz CT molecular complexity index is 593. The van der Waals surface area contributed by atoms with Gasteiger partial charge in [-0.05, 0) is 36.1 Å². The van der Waals surface area contributed by atoms with Crippen LogP contribution in [0, 0.1) is 0 Å². The fourth-order valence-electron chi connectivity index (χ4n) is 2.63. The number of hydrogen-bond donors (Lipinski definition) is 1. The Morgan fingerprint density at radius 3 is 2.60 bits per heavy atom. The summed E-state index contributed by atoms with van der Waals surface area (Å²) in [6.07, 6.45) is 2.08. The molecule has 0 aliphatic heterocycles. The van der Waals surface area contributed by atoms with E-state index in [1.54, 1.807) is 12.1 Å². The lowest BCUT2D eigenvalue weighted by molar-refractivity contribution is 0.0563. The fourth-order valence-corrected chi connectivity index (χ4v) is 2.63. The van der Waals surface area contributed by atoms with Crippen molar-refractivity contribution in [1.29, 1.82) is 0 Å². The first kappa shape index (κ1) is 12.9. The lowest BCUT2D eigenvalue weighted by Gasteiger charge is -2.10. The van der Waals surface area contributed by atoms with E-state index in [0.717, 1.165) is 18.6 Å². The van der Waals surface area contributed by atoms with Crippen LogP contribution in [0.5, 0.6) is 0 Å². The van der Waals surface area contributed by atoms with E-state index in [4.69, 9.17) is 4.42 Å². The topological polar surface area (TPSA) is 51.5 Å². The van der Waals surface area contributed by atoms with Crippen molar-refractivity contribution in [3.05, 3.63) is 59.0 Å². The molecule has 3 rings (SSSR count). The monoisotopic (exact) mass is 271 g/mol. The van der Waals surface area contributed by atoms with Crippen LogP contribution in [-0.4, -0.2) is 19.1 Å². The smallest absolute Gasteiger partial charge is 0.373 e. The number of rotatable bonds is 4. The highest BCUT2D eigenvalue weighted by molar-refractivity contribution is 5.86. The molecular weight excluding hydrogens is 254 g/mol. The number of carbonyl (C=O) groups excluding carboxylic acids is 1. The van der Waals surface area contributed by atoms with E-state index >= 15 is 0 Å². The average Bonchev–Trinajstić information content (AvgIpc) is 3.10. The number of nitrogens with one attached hydrogen (secondary N) is 1. The van der Waals surface area contributed by atoms with Crippen LogP contribution in [0.2, 0.25) is 0 Å². The Morgan fingerprint density at radius 2 is 1.95 bits per heavy atom. The van der Waals surface area contributed by atoms with Crippen LogP contribution in [0.25, 0.3) is 0 Å². The number of carbonyl (C=O) groups is 1. The first-order valence-electron chi connectivity index (χ1n) is 6.73. The van der Waals surface area contributed by atoms with Crippen molar-refractivity contribution in [2.75, 3.05) is 7.11 Å². The van der Waals surface area contributed by atoms with Gasteiger partial charge in [0.05, 0.1) is 13.7 Å². The largest absolute Gasteiger partial charge is 0.463 e. The Balaban J connectivity index is 1.56. The zero-order valence-electron chi connectivity index (χ0n) is 11.4. The Labute approximate surface area is 117 Å². The molecule has 0 unspecified atom stereocenters. The van der Waals surface area contributed by atoms with Gasteiger partial charge in [0.15, 0.2) is 0 Å². The minimum absolute atomic E-state index is 0.249. The number of hydrogen-bond acceptors (Lipinski definition) is 4. The van der Waals surface area contributed by atoms with Gasteiger partial charge in [-0.3, -0.25) is 0 Å². The second-order valence-electron chi connectivity index (χ2n) is 5.01. The molecule has 0 saturated carbocycles. The second-order valence-corrected chi connectivity index (χ2v) is 5.01. The summed E-state index contributed by atoms with van der Waals surface area (Å²) in [7, 11) is 1.35. The van der Waals surface area contributed by atoms with Gasteiger partial charge in [0.25, 0.3) is 0 Å². The quantitative estimate of drug-likeness (QED) is 0.867. The predicted molar refractivity (Wildman–Crippen MR) is 74.5 cm³/mol. The van der Waals surface area contributed by atoms with Crippen LogP contribution in [0.3, 0.4) is 0 Å². The highest BCUT2D eigenvalue weighted by Crippen LogP contribution is 2.22. The standard InChI is InChI=1S/C16H17NO3/c1-19-16(18)15-7-6-14(20-15)10-17-13-8-11-4-2-3-5-12(11)9-13/h2-7,13,17H,8-10H2,1H3.